The minimum atomic E-state index is -0.177. The van der Waals surface area contributed by atoms with Crippen molar-refractivity contribution in [2.45, 2.75) is 18.6 Å². The van der Waals surface area contributed by atoms with E-state index in [9.17, 15) is 4.79 Å². The summed E-state index contributed by atoms with van der Waals surface area (Å²) in [6.07, 6.45) is 0. The zero-order chi connectivity index (χ0) is 19.4. The Balaban J connectivity index is 1.70. The maximum atomic E-state index is 12.2. The maximum absolute atomic E-state index is 12.2. The molecule has 0 saturated carbocycles. The topological polar surface area (TPSA) is 59.8 Å². The number of benzene rings is 2. The fraction of sp³-hybridized carbons (Fsp3) is 0.167. The van der Waals surface area contributed by atoms with Gasteiger partial charge in [0.25, 0.3) is 0 Å². The van der Waals surface area contributed by atoms with E-state index in [2.05, 4.69) is 15.5 Å². The molecule has 0 aliphatic rings. The average Bonchev–Trinajstić information content (AvgIpc) is 3.06. The highest BCUT2D eigenvalue weighted by molar-refractivity contribution is 7.99. The number of halogens is 3. The van der Waals surface area contributed by atoms with Crippen LogP contribution in [0.5, 0.6) is 0 Å². The van der Waals surface area contributed by atoms with Crippen molar-refractivity contribution in [3.8, 4) is 11.4 Å². The molecule has 140 valence electrons. The predicted molar refractivity (Wildman–Crippen MR) is 112 cm³/mol. The van der Waals surface area contributed by atoms with Gasteiger partial charge in [-0.2, -0.15) is 0 Å². The van der Waals surface area contributed by atoms with Crippen LogP contribution >= 0.6 is 46.6 Å². The monoisotopic (exact) mass is 440 g/mol. The Morgan fingerprint density at radius 3 is 2.56 bits per heavy atom. The predicted octanol–water partition coefficient (Wildman–Crippen LogP) is 5.66. The van der Waals surface area contributed by atoms with Gasteiger partial charge in [0, 0.05) is 17.8 Å². The van der Waals surface area contributed by atoms with Crippen LogP contribution in [0.2, 0.25) is 15.1 Å². The van der Waals surface area contributed by atoms with Crippen molar-refractivity contribution in [2.24, 2.45) is 0 Å². The summed E-state index contributed by atoms with van der Waals surface area (Å²) in [4.78, 5) is 12.2. The summed E-state index contributed by atoms with van der Waals surface area (Å²) >= 11 is 19.4. The maximum Gasteiger partial charge on any atom is 0.234 e. The molecular formula is C18H15Cl3N4OS. The normalized spacial score (nSPS) is 10.8. The number of aromatic nitrogens is 3. The largest absolute Gasteiger partial charge is 0.325 e. The number of nitrogens with one attached hydrogen (secondary N) is 1. The number of carbonyl (C=O) groups is 1. The third-order valence-corrected chi connectivity index (χ3v) is 5.72. The average molecular weight is 442 g/mol. The summed E-state index contributed by atoms with van der Waals surface area (Å²) in [5, 5.41) is 13.3. The van der Waals surface area contributed by atoms with Crippen LogP contribution in [0.25, 0.3) is 11.4 Å². The first kappa shape index (κ1) is 20.0. The minimum absolute atomic E-state index is 0.177. The quantitative estimate of drug-likeness (QED) is 0.502. The molecule has 3 rings (SSSR count). The van der Waals surface area contributed by atoms with Crippen LogP contribution in [-0.4, -0.2) is 26.4 Å². The Morgan fingerprint density at radius 1 is 1.07 bits per heavy atom. The van der Waals surface area contributed by atoms with E-state index >= 15 is 0 Å². The lowest BCUT2D eigenvalue weighted by Gasteiger charge is -2.09. The Hall–Kier alpha value is -1.73. The van der Waals surface area contributed by atoms with Crippen molar-refractivity contribution in [1.29, 1.82) is 0 Å². The molecule has 9 heteroatoms. The van der Waals surface area contributed by atoms with Crippen LogP contribution in [0.4, 0.5) is 5.69 Å². The summed E-state index contributed by atoms with van der Waals surface area (Å²) in [5.74, 6) is 0.680. The zero-order valence-electron chi connectivity index (χ0n) is 14.2. The van der Waals surface area contributed by atoms with Crippen molar-refractivity contribution in [3.63, 3.8) is 0 Å². The van der Waals surface area contributed by atoms with E-state index in [0.717, 1.165) is 5.56 Å². The molecule has 1 amide bonds. The van der Waals surface area contributed by atoms with Gasteiger partial charge in [0.2, 0.25) is 5.91 Å². The van der Waals surface area contributed by atoms with Crippen molar-refractivity contribution in [1.82, 2.24) is 14.8 Å². The molecule has 3 aromatic rings. The molecule has 1 heterocycles. The van der Waals surface area contributed by atoms with Gasteiger partial charge < -0.3 is 9.88 Å². The smallest absolute Gasteiger partial charge is 0.234 e. The van der Waals surface area contributed by atoms with Crippen LogP contribution in [-0.2, 0) is 11.3 Å². The highest BCUT2D eigenvalue weighted by atomic mass is 35.5. The van der Waals surface area contributed by atoms with Crippen molar-refractivity contribution >= 4 is 58.2 Å². The van der Waals surface area contributed by atoms with Gasteiger partial charge in [-0.1, -0.05) is 58.7 Å². The number of thioether (sulfide) groups is 1. The van der Waals surface area contributed by atoms with Crippen LogP contribution < -0.4 is 5.32 Å². The van der Waals surface area contributed by atoms with E-state index in [4.69, 9.17) is 34.8 Å². The molecule has 0 aliphatic carbocycles. The van der Waals surface area contributed by atoms with Crippen LogP contribution in [0.15, 0.2) is 47.6 Å². The summed E-state index contributed by atoms with van der Waals surface area (Å²) in [5.41, 5.74) is 1.39. The standard InChI is InChI=1S/C18H15Cl3N4OS/c1-2-25-17(12-5-3-4-6-13(12)19)23-24-18(25)27-10-16(26)22-11-7-8-14(20)15(21)9-11/h3-9H,2,10H2,1H3,(H,22,26). The van der Waals surface area contributed by atoms with E-state index < -0.39 is 0 Å². The Bertz CT molecular complexity index is 977. The summed E-state index contributed by atoms with van der Waals surface area (Å²) in [6, 6.07) is 12.4. The number of anilines is 1. The molecule has 27 heavy (non-hydrogen) atoms. The lowest BCUT2D eigenvalue weighted by atomic mass is 10.2. The van der Waals surface area contributed by atoms with Gasteiger partial charge in [-0.25, -0.2) is 0 Å². The fourth-order valence-corrected chi connectivity index (χ4v) is 3.74. The first-order chi connectivity index (χ1) is 13.0. The Morgan fingerprint density at radius 2 is 1.85 bits per heavy atom. The minimum Gasteiger partial charge on any atom is -0.325 e. The highest BCUT2D eigenvalue weighted by Gasteiger charge is 2.16. The molecular weight excluding hydrogens is 427 g/mol. The van der Waals surface area contributed by atoms with Crippen LogP contribution in [0, 0.1) is 0 Å². The second kappa shape index (κ2) is 8.97. The van der Waals surface area contributed by atoms with Crippen LogP contribution in [0.1, 0.15) is 6.92 Å². The molecule has 0 aliphatic heterocycles. The molecule has 0 bridgehead atoms. The first-order valence-electron chi connectivity index (χ1n) is 8.05. The summed E-state index contributed by atoms with van der Waals surface area (Å²) in [7, 11) is 0. The van der Waals surface area contributed by atoms with E-state index in [1.165, 1.54) is 11.8 Å². The third kappa shape index (κ3) is 4.76. The van der Waals surface area contributed by atoms with Gasteiger partial charge in [0.05, 0.1) is 20.8 Å². The lowest BCUT2D eigenvalue weighted by Crippen LogP contribution is -2.14. The van der Waals surface area contributed by atoms with Gasteiger partial charge in [0.1, 0.15) is 0 Å². The summed E-state index contributed by atoms with van der Waals surface area (Å²) in [6.45, 7) is 2.65. The molecule has 1 aromatic heterocycles. The number of rotatable bonds is 6. The molecule has 2 aromatic carbocycles. The van der Waals surface area contributed by atoms with Gasteiger partial charge in [0.15, 0.2) is 11.0 Å². The fourth-order valence-electron chi connectivity index (χ4n) is 2.42. The molecule has 0 spiro atoms. The molecule has 1 N–H and O–H groups in total. The number of hydrogen-bond donors (Lipinski definition) is 1. The molecule has 0 atom stereocenters. The first-order valence-corrected chi connectivity index (χ1v) is 10.2. The van der Waals surface area contributed by atoms with E-state index in [1.54, 1.807) is 18.2 Å². The number of amides is 1. The number of carbonyl (C=O) groups excluding carboxylic acids is 1. The molecule has 0 unspecified atom stereocenters. The second-order valence-corrected chi connectivity index (χ2v) is 7.66. The zero-order valence-corrected chi connectivity index (χ0v) is 17.3. The number of nitrogens with zero attached hydrogens (tertiary/aromatic N) is 3. The molecule has 0 saturated heterocycles. The van der Waals surface area contributed by atoms with Gasteiger partial charge in [-0.15, -0.1) is 10.2 Å². The van der Waals surface area contributed by atoms with Crippen molar-refractivity contribution in [3.05, 3.63) is 57.5 Å². The van der Waals surface area contributed by atoms with Gasteiger partial charge >= 0.3 is 0 Å². The van der Waals surface area contributed by atoms with Gasteiger partial charge in [-0.05, 0) is 37.3 Å². The van der Waals surface area contributed by atoms with Crippen LogP contribution in [0.3, 0.4) is 0 Å². The van der Waals surface area contributed by atoms with E-state index in [0.29, 0.717) is 38.3 Å². The molecule has 0 fully saturated rings. The highest BCUT2D eigenvalue weighted by Crippen LogP contribution is 2.29. The Kier molecular flexibility index (Phi) is 6.65. The number of hydrogen-bond acceptors (Lipinski definition) is 4. The SMILES string of the molecule is CCn1c(SCC(=O)Nc2ccc(Cl)c(Cl)c2)nnc1-c1ccccc1Cl. The van der Waals surface area contributed by atoms with Crippen molar-refractivity contribution in [2.75, 3.05) is 11.1 Å². The third-order valence-electron chi connectivity index (χ3n) is 3.68. The summed E-state index contributed by atoms with van der Waals surface area (Å²) < 4.78 is 1.93. The molecule has 5 nitrogen and oxygen atoms in total. The van der Waals surface area contributed by atoms with Gasteiger partial charge in [-0.3, -0.25) is 4.79 Å². The second-order valence-electron chi connectivity index (χ2n) is 5.50. The van der Waals surface area contributed by atoms with E-state index in [1.807, 2.05) is 35.8 Å². The van der Waals surface area contributed by atoms with Crippen molar-refractivity contribution < 1.29 is 4.79 Å². The lowest BCUT2D eigenvalue weighted by molar-refractivity contribution is -0.113. The Labute approximate surface area is 176 Å². The van der Waals surface area contributed by atoms with E-state index in [-0.39, 0.29) is 11.7 Å². The molecule has 0 radical (unpaired) electrons.